The van der Waals surface area contributed by atoms with E-state index in [1.807, 2.05) is 6.92 Å². The highest BCUT2D eigenvalue weighted by molar-refractivity contribution is 5.81. The van der Waals surface area contributed by atoms with Gasteiger partial charge in [-0.15, -0.1) is 5.10 Å². The zero-order chi connectivity index (χ0) is 14.8. The molecule has 1 unspecified atom stereocenters. The molecular weight excluding hydrogens is 252 g/mol. The van der Waals surface area contributed by atoms with E-state index in [1.54, 1.807) is 0 Å². The van der Waals surface area contributed by atoms with Crippen molar-refractivity contribution in [3.63, 3.8) is 0 Å². The lowest BCUT2D eigenvalue weighted by atomic mass is 9.96. The van der Waals surface area contributed by atoms with Crippen molar-refractivity contribution in [3.05, 3.63) is 20.8 Å². The zero-order valence-electron chi connectivity index (χ0n) is 11.4. The molecule has 0 spiro atoms. The summed E-state index contributed by atoms with van der Waals surface area (Å²) >= 11 is 0. The molecule has 0 amide bonds. The van der Waals surface area contributed by atoms with E-state index in [4.69, 9.17) is 0 Å². The Labute approximate surface area is 109 Å². The molecule has 1 atom stereocenters. The molecule has 0 radical (unpaired) electrons. The van der Waals surface area contributed by atoms with Crippen LogP contribution in [0, 0.1) is 0 Å². The van der Waals surface area contributed by atoms with Crippen molar-refractivity contribution in [1.82, 2.24) is 14.3 Å². The van der Waals surface area contributed by atoms with Gasteiger partial charge in [-0.3, -0.25) is 9.36 Å². The normalized spacial score (nSPS) is 13.9. The van der Waals surface area contributed by atoms with E-state index in [9.17, 15) is 19.5 Å². The summed E-state index contributed by atoms with van der Waals surface area (Å²) in [6.45, 7) is 3.32. The van der Waals surface area contributed by atoms with Crippen molar-refractivity contribution >= 4 is 11.8 Å². The highest BCUT2D eigenvalue weighted by atomic mass is 16.4. The molecular formula is C11H18N4O4. The van der Waals surface area contributed by atoms with Crippen molar-refractivity contribution in [1.29, 1.82) is 0 Å². The number of nitrogens with one attached hydrogen (secondary N) is 1. The van der Waals surface area contributed by atoms with E-state index in [2.05, 4.69) is 10.4 Å². The number of rotatable bonds is 5. The first-order chi connectivity index (χ1) is 8.73. The van der Waals surface area contributed by atoms with E-state index < -0.39 is 22.8 Å². The van der Waals surface area contributed by atoms with Crippen LogP contribution >= 0.6 is 0 Å². The largest absolute Gasteiger partial charge is 0.480 e. The second-order valence-electron chi connectivity index (χ2n) is 4.63. The summed E-state index contributed by atoms with van der Waals surface area (Å²) in [5.41, 5.74) is -2.51. The Hall–Kier alpha value is -2.12. The summed E-state index contributed by atoms with van der Waals surface area (Å²) in [4.78, 5) is 34.7. The summed E-state index contributed by atoms with van der Waals surface area (Å²) in [6, 6.07) is 0. The number of carboxylic acid groups (broad SMARTS) is 1. The number of anilines is 1. The average Bonchev–Trinajstić information content (AvgIpc) is 2.33. The van der Waals surface area contributed by atoms with Gasteiger partial charge in [0.25, 0.3) is 5.56 Å². The molecule has 0 saturated heterocycles. The topological polar surface area (TPSA) is 106 Å². The summed E-state index contributed by atoms with van der Waals surface area (Å²) < 4.78 is 1.86. The predicted molar refractivity (Wildman–Crippen MR) is 69.3 cm³/mol. The van der Waals surface area contributed by atoms with Gasteiger partial charge in [0.05, 0.1) is 0 Å². The fourth-order valence-corrected chi connectivity index (χ4v) is 1.76. The van der Waals surface area contributed by atoms with Gasteiger partial charge in [-0.05, 0) is 13.3 Å². The molecule has 0 aromatic carbocycles. The maximum atomic E-state index is 11.9. The highest BCUT2D eigenvalue weighted by Gasteiger charge is 2.33. The van der Waals surface area contributed by atoms with Gasteiger partial charge in [0.15, 0.2) is 0 Å². The Balaban J connectivity index is 3.29. The molecule has 1 heterocycles. The van der Waals surface area contributed by atoms with Crippen LogP contribution in [-0.4, -0.2) is 31.0 Å². The lowest BCUT2D eigenvalue weighted by Crippen LogP contribution is -2.48. The monoisotopic (exact) mass is 270 g/mol. The first-order valence-electron chi connectivity index (χ1n) is 5.89. The quantitative estimate of drug-likeness (QED) is 0.749. The number of aromatic nitrogens is 3. The molecule has 0 aliphatic heterocycles. The van der Waals surface area contributed by atoms with Crippen molar-refractivity contribution in [3.8, 4) is 0 Å². The summed E-state index contributed by atoms with van der Waals surface area (Å²) in [6.07, 6.45) is 0.956. The van der Waals surface area contributed by atoms with Gasteiger partial charge in [0.1, 0.15) is 5.54 Å². The molecule has 1 aromatic heterocycles. The Morgan fingerprint density at radius 3 is 2.47 bits per heavy atom. The maximum absolute atomic E-state index is 11.9. The first-order valence-corrected chi connectivity index (χ1v) is 5.89. The predicted octanol–water partition coefficient (Wildman–Crippen LogP) is -0.466. The van der Waals surface area contributed by atoms with Crippen LogP contribution in [0.1, 0.15) is 26.7 Å². The van der Waals surface area contributed by atoms with Crippen LogP contribution in [0.4, 0.5) is 5.82 Å². The first kappa shape index (κ1) is 14.9. The zero-order valence-corrected chi connectivity index (χ0v) is 11.4. The Bertz CT molecular complexity index is 604. The van der Waals surface area contributed by atoms with Gasteiger partial charge in [0, 0.05) is 14.1 Å². The molecule has 0 fully saturated rings. The van der Waals surface area contributed by atoms with E-state index in [1.165, 1.54) is 21.0 Å². The van der Waals surface area contributed by atoms with Gasteiger partial charge >= 0.3 is 11.7 Å². The second-order valence-corrected chi connectivity index (χ2v) is 4.63. The standard InChI is InChI=1S/C11H18N4O4/c1-5-6-11(2,9(17)18)12-7-8(16)14(3)10(19)15(4)13-7/h5-6H2,1-4H3,(H,12,13)(H,17,18). The number of carbonyl (C=O) groups is 1. The van der Waals surface area contributed by atoms with Crippen LogP contribution in [0.25, 0.3) is 0 Å². The van der Waals surface area contributed by atoms with E-state index >= 15 is 0 Å². The van der Waals surface area contributed by atoms with Gasteiger partial charge in [-0.25, -0.2) is 14.3 Å². The number of nitrogens with zero attached hydrogens (tertiary/aromatic N) is 3. The third-order valence-electron chi connectivity index (χ3n) is 2.94. The fraction of sp³-hybridized carbons (Fsp3) is 0.636. The number of aliphatic carboxylic acids is 1. The Morgan fingerprint density at radius 2 is 2.00 bits per heavy atom. The van der Waals surface area contributed by atoms with Crippen LogP contribution in [0.3, 0.4) is 0 Å². The van der Waals surface area contributed by atoms with Gasteiger partial charge in [0.2, 0.25) is 5.82 Å². The minimum Gasteiger partial charge on any atom is -0.480 e. The number of hydrogen-bond acceptors (Lipinski definition) is 5. The molecule has 8 nitrogen and oxygen atoms in total. The minimum absolute atomic E-state index is 0.150. The number of carboxylic acids is 1. The van der Waals surface area contributed by atoms with Crippen molar-refractivity contribution in [2.24, 2.45) is 14.1 Å². The Kier molecular flexibility index (Phi) is 4.13. The minimum atomic E-state index is -1.30. The smallest absolute Gasteiger partial charge is 0.346 e. The number of hydrogen-bond donors (Lipinski definition) is 2. The van der Waals surface area contributed by atoms with Crippen LogP contribution in [0.5, 0.6) is 0 Å². The Morgan fingerprint density at radius 1 is 1.42 bits per heavy atom. The molecule has 8 heteroatoms. The molecule has 19 heavy (non-hydrogen) atoms. The highest BCUT2D eigenvalue weighted by Crippen LogP contribution is 2.16. The molecule has 0 aliphatic carbocycles. The molecule has 2 N–H and O–H groups in total. The van der Waals surface area contributed by atoms with E-state index in [0.717, 1.165) is 9.25 Å². The summed E-state index contributed by atoms with van der Waals surface area (Å²) in [5, 5.41) is 15.6. The van der Waals surface area contributed by atoms with E-state index in [0.29, 0.717) is 12.8 Å². The molecule has 1 aromatic rings. The van der Waals surface area contributed by atoms with Crippen molar-refractivity contribution in [2.75, 3.05) is 5.32 Å². The van der Waals surface area contributed by atoms with Crippen LogP contribution in [-0.2, 0) is 18.9 Å². The van der Waals surface area contributed by atoms with Crippen molar-refractivity contribution in [2.45, 2.75) is 32.2 Å². The summed E-state index contributed by atoms with van der Waals surface area (Å²) in [7, 11) is 2.71. The maximum Gasteiger partial charge on any atom is 0.346 e. The molecule has 0 bridgehead atoms. The average molecular weight is 270 g/mol. The van der Waals surface area contributed by atoms with Gasteiger partial charge in [-0.2, -0.15) is 0 Å². The van der Waals surface area contributed by atoms with Crippen LogP contribution in [0.2, 0.25) is 0 Å². The third-order valence-corrected chi connectivity index (χ3v) is 2.94. The summed E-state index contributed by atoms with van der Waals surface area (Å²) in [5.74, 6) is -1.23. The molecule has 0 saturated carbocycles. The van der Waals surface area contributed by atoms with E-state index in [-0.39, 0.29) is 5.82 Å². The third kappa shape index (κ3) is 2.83. The fourth-order valence-electron chi connectivity index (χ4n) is 1.76. The second kappa shape index (κ2) is 5.25. The molecule has 1 rings (SSSR count). The van der Waals surface area contributed by atoms with Gasteiger partial charge in [-0.1, -0.05) is 13.3 Å². The number of aryl methyl sites for hydroxylation is 1. The SMILES string of the molecule is CCCC(C)(Nc1nn(C)c(=O)n(C)c1=O)C(=O)O. The van der Waals surface area contributed by atoms with Crippen LogP contribution < -0.4 is 16.6 Å². The molecule has 0 aliphatic rings. The lowest BCUT2D eigenvalue weighted by molar-refractivity contribution is -0.142. The van der Waals surface area contributed by atoms with Crippen molar-refractivity contribution < 1.29 is 9.90 Å². The van der Waals surface area contributed by atoms with Crippen LogP contribution in [0.15, 0.2) is 9.59 Å². The van der Waals surface area contributed by atoms with Gasteiger partial charge < -0.3 is 10.4 Å². The molecule has 106 valence electrons. The lowest BCUT2D eigenvalue weighted by Gasteiger charge is -2.26.